The molecule has 0 aliphatic carbocycles. The van der Waals surface area contributed by atoms with E-state index >= 15 is 0 Å². The Balaban J connectivity index is 3.03. The number of unbranched alkanes of at least 4 members (excludes halogenated alkanes) is 2. The Kier molecular flexibility index (Phi) is 6.57. The van der Waals surface area contributed by atoms with Crippen molar-refractivity contribution in [2.75, 3.05) is 0 Å². The zero-order valence-electron chi connectivity index (χ0n) is 11.7. The first-order valence-corrected chi connectivity index (χ1v) is 8.23. The first kappa shape index (κ1) is 15.7. The van der Waals surface area contributed by atoms with Gasteiger partial charge in [0.25, 0.3) is 0 Å². The van der Waals surface area contributed by atoms with Gasteiger partial charge in [0, 0.05) is 4.91 Å². The molecule has 0 aliphatic rings. The summed E-state index contributed by atoms with van der Waals surface area (Å²) in [6.07, 6.45) is 9.02. The van der Waals surface area contributed by atoms with Crippen molar-refractivity contribution < 1.29 is 8.42 Å². The predicted octanol–water partition coefficient (Wildman–Crippen LogP) is 4.50. The minimum Gasteiger partial charge on any atom is -0.219 e. The zero-order valence-corrected chi connectivity index (χ0v) is 12.5. The Bertz CT molecular complexity index is 525. The van der Waals surface area contributed by atoms with Gasteiger partial charge in [-0.25, -0.2) is 8.42 Å². The highest BCUT2D eigenvalue weighted by Gasteiger charge is 2.19. The standard InChI is InChI=1S/C16H22O2S/c1-3-5-8-12-15(11-6-4-2)19(17,18)16-13-9-7-10-14-16/h4,6-7,9-11,13-14H,3,5,8,12H2,1-2H3/b6-4+,15-11+. The molecule has 0 unspecified atom stereocenters. The summed E-state index contributed by atoms with van der Waals surface area (Å²) < 4.78 is 25.1. The van der Waals surface area contributed by atoms with Crippen molar-refractivity contribution in [3.05, 3.63) is 53.5 Å². The molecule has 3 heteroatoms. The van der Waals surface area contributed by atoms with E-state index in [1.54, 1.807) is 36.4 Å². The van der Waals surface area contributed by atoms with Crippen molar-refractivity contribution in [2.24, 2.45) is 0 Å². The van der Waals surface area contributed by atoms with Crippen LogP contribution >= 0.6 is 0 Å². The highest BCUT2D eigenvalue weighted by atomic mass is 32.2. The topological polar surface area (TPSA) is 34.1 Å². The first-order valence-electron chi connectivity index (χ1n) is 6.75. The van der Waals surface area contributed by atoms with Crippen LogP contribution < -0.4 is 0 Å². The van der Waals surface area contributed by atoms with Crippen LogP contribution in [-0.4, -0.2) is 8.42 Å². The van der Waals surface area contributed by atoms with E-state index in [1.165, 1.54) is 0 Å². The summed E-state index contributed by atoms with van der Waals surface area (Å²) in [6, 6.07) is 8.64. The summed E-state index contributed by atoms with van der Waals surface area (Å²) >= 11 is 0. The largest absolute Gasteiger partial charge is 0.219 e. The molecule has 1 aromatic carbocycles. The van der Waals surface area contributed by atoms with E-state index in [2.05, 4.69) is 6.92 Å². The molecule has 0 heterocycles. The van der Waals surface area contributed by atoms with E-state index in [0.29, 0.717) is 16.2 Å². The molecule has 0 saturated heterocycles. The number of rotatable bonds is 7. The van der Waals surface area contributed by atoms with Gasteiger partial charge in [0.2, 0.25) is 9.84 Å². The van der Waals surface area contributed by atoms with Crippen molar-refractivity contribution in [3.63, 3.8) is 0 Å². The van der Waals surface area contributed by atoms with Gasteiger partial charge in [0.05, 0.1) is 4.90 Å². The van der Waals surface area contributed by atoms with Crippen molar-refractivity contribution in [2.45, 2.75) is 44.4 Å². The third kappa shape index (κ3) is 4.67. The number of hydrogen-bond acceptors (Lipinski definition) is 2. The molecule has 0 amide bonds. The third-order valence-corrected chi connectivity index (χ3v) is 4.82. The Morgan fingerprint density at radius 1 is 1.16 bits per heavy atom. The van der Waals surface area contributed by atoms with Gasteiger partial charge in [0.1, 0.15) is 0 Å². The molecule has 0 atom stereocenters. The SMILES string of the molecule is C/C=C/C=C(\CCCCC)S(=O)(=O)c1ccccc1. The molecule has 0 aromatic heterocycles. The van der Waals surface area contributed by atoms with Gasteiger partial charge in [-0.2, -0.15) is 0 Å². The molecule has 0 radical (unpaired) electrons. The monoisotopic (exact) mass is 278 g/mol. The number of benzene rings is 1. The fourth-order valence-electron chi connectivity index (χ4n) is 1.81. The lowest BCUT2D eigenvalue weighted by atomic mass is 10.2. The quantitative estimate of drug-likeness (QED) is 0.543. The summed E-state index contributed by atoms with van der Waals surface area (Å²) in [5.74, 6) is 0. The van der Waals surface area contributed by atoms with E-state index in [4.69, 9.17) is 0 Å². The van der Waals surface area contributed by atoms with Crippen molar-refractivity contribution in [1.82, 2.24) is 0 Å². The second kappa shape index (κ2) is 7.95. The summed E-state index contributed by atoms with van der Waals surface area (Å²) in [4.78, 5) is 0.882. The predicted molar refractivity (Wildman–Crippen MR) is 80.7 cm³/mol. The molecule has 2 nitrogen and oxygen atoms in total. The lowest BCUT2D eigenvalue weighted by molar-refractivity contribution is 0.598. The molecule has 0 N–H and O–H groups in total. The highest BCUT2D eigenvalue weighted by Crippen LogP contribution is 2.23. The molecule has 1 aromatic rings. The molecule has 104 valence electrons. The minimum atomic E-state index is -3.34. The number of sulfone groups is 1. The maximum absolute atomic E-state index is 12.5. The molecule has 0 spiro atoms. The van der Waals surface area contributed by atoms with Gasteiger partial charge in [0.15, 0.2) is 0 Å². The van der Waals surface area contributed by atoms with Gasteiger partial charge in [-0.1, -0.05) is 50.1 Å². The normalized spacial score (nSPS) is 13.1. The van der Waals surface area contributed by atoms with Crippen LogP contribution in [0.15, 0.2) is 58.4 Å². The molecule has 1 rings (SSSR count). The van der Waals surface area contributed by atoms with E-state index in [1.807, 2.05) is 19.1 Å². The molecule has 0 aliphatic heterocycles. The number of allylic oxidation sites excluding steroid dienone is 4. The van der Waals surface area contributed by atoms with Crippen molar-refractivity contribution >= 4 is 9.84 Å². The lowest BCUT2D eigenvalue weighted by Gasteiger charge is -2.08. The van der Waals surface area contributed by atoms with Crippen LogP contribution in [0.4, 0.5) is 0 Å². The second-order valence-corrected chi connectivity index (χ2v) is 6.44. The van der Waals surface area contributed by atoms with E-state index in [-0.39, 0.29) is 0 Å². The van der Waals surface area contributed by atoms with E-state index < -0.39 is 9.84 Å². The molecule has 0 fully saturated rings. The van der Waals surface area contributed by atoms with Crippen LogP contribution in [0.5, 0.6) is 0 Å². The molecular formula is C16H22O2S. The van der Waals surface area contributed by atoms with Crippen LogP contribution in [0.2, 0.25) is 0 Å². The summed E-state index contributed by atoms with van der Waals surface area (Å²) in [7, 11) is -3.34. The maximum atomic E-state index is 12.5. The van der Waals surface area contributed by atoms with Crippen LogP contribution in [-0.2, 0) is 9.84 Å². The van der Waals surface area contributed by atoms with E-state index in [0.717, 1.165) is 19.3 Å². The Hall–Kier alpha value is -1.35. The Morgan fingerprint density at radius 2 is 1.84 bits per heavy atom. The average molecular weight is 278 g/mol. The first-order chi connectivity index (χ1) is 9.12. The summed E-state index contributed by atoms with van der Waals surface area (Å²) in [5, 5.41) is 0. The van der Waals surface area contributed by atoms with Gasteiger partial charge >= 0.3 is 0 Å². The third-order valence-electron chi connectivity index (χ3n) is 2.90. The van der Waals surface area contributed by atoms with Gasteiger partial charge < -0.3 is 0 Å². The van der Waals surface area contributed by atoms with Gasteiger partial charge in [-0.05, 0) is 38.0 Å². The maximum Gasteiger partial charge on any atom is 0.202 e. The van der Waals surface area contributed by atoms with Crippen molar-refractivity contribution in [1.29, 1.82) is 0 Å². The van der Waals surface area contributed by atoms with Gasteiger partial charge in [-0.3, -0.25) is 0 Å². The molecule has 19 heavy (non-hydrogen) atoms. The second-order valence-electron chi connectivity index (χ2n) is 4.43. The van der Waals surface area contributed by atoms with Gasteiger partial charge in [-0.15, -0.1) is 0 Å². The zero-order chi connectivity index (χ0) is 14.1. The fourth-order valence-corrected chi connectivity index (χ4v) is 3.30. The Labute approximate surface area is 116 Å². The lowest BCUT2D eigenvalue weighted by Crippen LogP contribution is -2.05. The van der Waals surface area contributed by atoms with Crippen LogP contribution in [0, 0.1) is 0 Å². The minimum absolute atomic E-state index is 0.377. The smallest absolute Gasteiger partial charge is 0.202 e. The van der Waals surface area contributed by atoms with Crippen molar-refractivity contribution in [3.8, 4) is 0 Å². The average Bonchev–Trinajstić information content (AvgIpc) is 2.43. The van der Waals surface area contributed by atoms with Crippen LogP contribution in [0.25, 0.3) is 0 Å². The molecular weight excluding hydrogens is 256 g/mol. The fraction of sp³-hybridized carbons (Fsp3) is 0.375. The summed E-state index contributed by atoms with van der Waals surface area (Å²) in [6.45, 7) is 4.00. The summed E-state index contributed by atoms with van der Waals surface area (Å²) in [5.41, 5.74) is 0. The highest BCUT2D eigenvalue weighted by molar-refractivity contribution is 7.95. The van der Waals surface area contributed by atoms with Crippen LogP contribution in [0.1, 0.15) is 39.5 Å². The molecule has 0 saturated carbocycles. The number of hydrogen-bond donors (Lipinski definition) is 0. The molecule has 0 bridgehead atoms. The Morgan fingerprint density at radius 3 is 2.42 bits per heavy atom. The van der Waals surface area contributed by atoms with E-state index in [9.17, 15) is 8.42 Å². The van der Waals surface area contributed by atoms with Crippen LogP contribution in [0.3, 0.4) is 0 Å².